The van der Waals surface area contributed by atoms with Crippen LogP contribution < -0.4 is 0 Å². The van der Waals surface area contributed by atoms with E-state index in [1.807, 2.05) is 12.2 Å². The summed E-state index contributed by atoms with van der Waals surface area (Å²) in [5.74, 6) is -0.122. The van der Waals surface area contributed by atoms with Gasteiger partial charge in [-0.25, -0.2) is 0 Å². The van der Waals surface area contributed by atoms with E-state index in [4.69, 9.17) is 0 Å². The van der Waals surface area contributed by atoms with Gasteiger partial charge in [-0.15, -0.1) is 0 Å². The molecule has 0 spiro atoms. The second kappa shape index (κ2) is 8.05. The first-order chi connectivity index (χ1) is 5.81. The molecule has 0 fully saturated rings. The Morgan fingerprint density at radius 1 is 1.50 bits per heavy atom. The summed E-state index contributed by atoms with van der Waals surface area (Å²) in [7, 11) is 1.42. The largest absolute Gasteiger partial charge is 0.469 e. The molecule has 0 saturated carbocycles. The third-order valence-electron chi connectivity index (χ3n) is 1.50. The van der Waals surface area contributed by atoms with E-state index in [0.717, 1.165) is 19.3 Å². The quantitative estimate of drug-likeness (QED) is 0.346. The minimum atomic E-state index is -0.122. The van der Waals surface area contributed by atoms with Gasteiger partial charge in [0.05, 0.1) is 7.11 Å². The molecule has 0 saturated heterocycles. The standard InChI is InChI=1S/C10H16O2/c1-3-4-5-6-7-8-9-10(11)12-2/h3-5H,1,6-9H2,2H3/b5-4+. The molecule has 0 aromatic carbocycles. The normalized spacial score (nSPS) is 10.1. The molecule has 0 amide bonds. The number of hydrogen-bond acceptors (Lipinski definition) is 2. The predicted molar refractivity (Wildman–Crippen MR) is 49.8 cm³/mol. The van der Waals surface area contributed by atoms with Crippen LogP contribution in [0.5, 0.6) is 0 Å². The zero-order chi connectivity index (χ0) is 9.23. The minimum absolute atomic E-state index is 0.122. The second-order valence-electron chi connectivity index (χ2n) is 2.49. The maximum Gasteiger partial charge on any atom is 0.305 e. The molecule has 68 valence electrons. The first-order valence-electron chi connectivity index (χ1n) is 4.15. The van der Waals surface area contributed by atoms with Crippen LogP contribution in [0.2, 0.25) is 0 Å². The number of hydrogen-bond donors (Lipinski definition) is 0. The molecule has 0 aliphatic carbocycles. The smallest absolute Gasteiger partial charge is 0.305 e. The number of allylic oxidation sites excluding steroid dienone is 3. The van der Waals surface area contributed by atoms with E-state index in [1.54, 1.807) is 6.08 Å². The number of carbonyl (C=O) groups excluding carboxylic acids is 1. The summed E-state index contributed by atoms with van der Waals surface area (Å²) < 4.78 is 4.50. The van der Waals surface area contributed by atoms with E-state index >= 15 is 0 Å². The van der Waals surface area contributed by atoms with Gasteiger partial charge in [-0.05, 0) is 19.3 Å². The summed E-state index contributed by atoms with van der Waals surface area (Å²) in [5.41, 5.74) is 0. The number of ether oxygens (including phenoxy) is 1. The average molecular weight is 168 g/mol. The van der Waals surface area contributed by atoms with E-state index in [1.165, 1.54) is 7.11 Å². The van der Waals surface area contributed by atoms with Crippen molar-refractivity contribution < 1.29 is 9.53 Å². The molecule has 0 bridgehead atoms. The lowest BCUT2D eigenvalue weighted by atomic mass is 10.2. The maximum atomic E-state index is 10.6. The van der Waals surface area contributed by atoms with Gasteiger partial charge in [0.1, 0.15) is 0 Å². The van der Waals surface area contributed by atoms with Crippen molar-refractivity contribution in [3.8, 4) is 0 Å². The molecule has 0 radical (unpaired) electrons. The minimum Gasteiger partial charge on any atom is -0.469 e. The van der Waals surface area contributed by atoms with Crippen LogP contribution in [0, 0.1) is 0 Å². The van der Waals surface area contributed by atoms with Crippen molar-refractivity contribution in [2.24, 2.45) is 0 Å². The first-order valence-corrected chi connectivity index (χ1v) is 4.15. The fourth-order valence-corrected chi connectivity index (χ4v) is 0.826. The Labute approximate surface area is 73.9 Å². The Hall–Kier alpha value is -1.05. The zero-order valence-electron chi connectivity index (χ0n) is 7.58. The lowest BCUT2D eigenvalue weighted by molar-refractivity contribution is -0.140. The number of unbranched alkanes of at least 4 members (excludes halogenated alkanes) is 2. The van der Waals surface area contributed by atoms with E-state index in [0.29, 0.717) is 6.42 Å². The highest BCUT2D eigenvalue weighted by molar-refractivity contribution is 5.68. The van der Waals surface area contributed by atoms with Crippen molar-refractivity contribution in [3.63, 3.8) is 0 Å². The molecule has 0 heterocycles. The predicted octanol–water partition coefficient (Wildman–Crippen LogP) is 2.46. The Balaban J connectivity index is 3.15. The summed E-state index contributed by atoms with van der Waals surface area (Å²) in [5, 5.41) is 0. The van der Waals surface area contributed by atoms with Crippen LogP contribution in [0.25, 0.3) is 0 Å². The lowest BCUT2D eigenvalue weighted by Gasteiger charge is -1.96. The van der Waals surface area contributed by atoms with Crippen LogP contribution in [-0.2, 0) is 9.53 Å². The molecule has 0 unspecified atom stereocenters. The van der Waals surface area contributed by atoms with Crippen LogP contribution in [-0.4, -0.2) is 13.1 Å². The summed E-state index contributed by atoms with van der Waals surface area (Å²) in [4.78, 5) is 10.6. The fraction of sp³-hybridized carbons (Fsp3) is 0.500. The summed E-state index contributed by atoms with van der Waals surface area (Å²) in [6, 6.07) is 0. The highest BCUT2D eigenvalue weighted by Gasteiger charge is 1.97. The van der Waals surface area contributed by atoms with Crippen molar-refractivity contribution in [1.82, 2.24) is 0 Å². The van der Waals surface area contributed by atoms with Gasteiger partial charge >= 0.3 is 5.97 Å². The molecule has 0 N–H and O–H groups in total. The molecule has 0 rings (SSSR count). The van der Waals surface area contributed by atoms with Gasteiger partial charge in [0.15, 0.2) is 0 Å². The number of esters is 1. The highest BCUT2D eigenvalue weighted by atomic mass is 16.5. The van der Waals surface area contributed by atoms with Crippen LogP contribution >= 0.6 is 0 Å². The molecule has 0 aromatic heterocycles. The van der Waals surface area contributed by atoms with Crippen molar-refractivity contribution in [2.75, 3.05) is 7.11 Å². The van der Waals surface area contributed by atoms with E-state index < -0.39 is 0 Å². The molecule has 0 aliphatic rings. The maximum absolute atomic E-state index is 10.6. The van der Waals surface area contributed by atoms with Gasteiger partial charge in [0, 0.05) is 6.42 Å². The van der Waals surface area contributed by atoms with Crippen molar-refractivity contribution in [3.05, 3.63) is 24.8 Å². The molecule has 12 heavy (non-hydrogen) atoms. The van der Waals surface area contributed by atoms with Gasteiger partial charge in [-0.1, -0.05) is 24.8 Å². The van der Waals surface area contributed by atoms with Crippen LogP contribution in [0.15, 0.2) is 24.8 Å². The van der Waals surface area contributed by atoms with Gasteiger partial charge in [-0.2, -0.15) is 0 Å². The summed E-state index contributed by atoms with van der Waals surface area (Å²) >= 11 is 0. The third-order valence-corrected chi connectivity index (χ3v) is 1.50. The van der Waals surface area contributed by atoms with Crippen molar-refractivity contribution in [1.29, 1.82) is 0 Å². The van der Waals surface area contributed by atoms with E-state index in [-0.39, 0.29) is 5.97 Å². The molecular weight excluding hydrogens is 152 g/mol. The molecule has 2 heteroatoms. The Bertz CT molecular complexity index is 159. The SMILES string of the molecule is C=C/C=C/CCCCC(=O)OC. The Kier molecular flexibility index (Phi) is 7.35. The Morgan fingerprint density at radius 3 is 2.83 bits per heavy atom. The molecule has 2 nitrogen and oxygen atoms in total. The van der Waals surface area contributed by atoms with Crippen LogP contribution in [0.4, 0.5) is 0 Å². The number of rotatable bonds is 6. The number of methoxy groups -OCH3 is 1. The first kappa shape index (κ1) is 11.0. The summed E-state index contributed by atoms with van der Waals surface area (Å²) in [6.45, 7) is 3.56. The summed E-state index contributed by atoms with van der Waals surface area (Å²) in [6.07, 6.45) is 9.16. The molecule has 0 aromatic rings. The van der Waals surface area contributed by atoms with Gasteiger partial charge in [0.25, 0.3) is 0 Å². The van der Waals surface area contributed by atoms with Crippen LogP contribution in [0.3, 0.4) is 0 Å². The topological polar surface area (TPSA) is 26.3 Å². The second-order valence-corrected chi connectivity index (χ2v) is 2.49. The van der Waals surface area contributed by atoms with Crippen molar-refractivity contribution >= 4 is 5.97 Å². The number of carbonyl (C=O) groups is 1. The van der Waals surface area contributed by atoms with Crippen LogP contribution in [0.1, 0.15) is 25.7 Å². The third kappa shape index (κ3) is 7.06. The Morgan fingerprint density at radius 2 is 2.25 bits per heavy atom. The van der Waals surface area contributed by atoms with Gasteiger partial charge in [-0.3, -0.25) is 4.79 Å². The van der Waals surface area contributed by atoms with Crippen molar-refractivity contribution in [2.45, 2.75) is 25.7 Å². The highest BCUT2D eigenvalue weighted by Crippen LogP contribution is 2.01. The van der Waals surface area contributed by atoms with Gasteiger partial charge in [0.2, 0.25) is 0 Å². The zero-order valence-corrected chi connectivity index (χ0v) is 7.58. The molecular formula is C10H16O2. The monoisotopic (exact) mass is 168 g/mol. The fourth-order valence-electron chi connectivity index (χ4n) is 0.826. The van der Waals surface area contributed by atoms with E-state index in [2.05, 4.69) is 11.3 Å². The lowest BCUT2D eigenvalue weighted by Crippen LogP contribution is -1.98. The van der Waals surface area contributed by atoms with E-state index in [9.17, 15) is 4.79 Å². The van der Waals surface area contributed by atoms with Gasteiger partial charge < -0.3 is 4.74 Å². The average Bonchev–Trinajstić information content (AvgIpc) is 2.10. The molecule has 0 aliphatic heterocycles. The molecule has 0 atom stereocenters.